The van der Waals surface area contributed by atoms with E-state index in [4.69, 9.17) is 10.3 Å². The molecule has 0 saturated carbocycles. The quantitative estimate of drug-likeness (QED) is 0.396. The van der Waals surface area contributed by atoms with Crippen molar-refractivity contribution in [3.63, 3.8) is 0 Å². The van der Waals surface area contributed by atoms with Crippen LogP contribution in [0.5, 0.6) is 0 Å². The van der Waals surface area contributed by atoms with Crippen molar-refractivity contribution in [1.82, 2.24) is 14.9 Å². The lowest BCUT2D eigenvalue weighted by atomic mass is 10.1. The lowest BCUT2D eigenvalue weighted by molar-refractivity contribution is -0.146. The Bertz CT molecular complexity index is 1180. The normalized spacial score (nSPS) is 12.0. The van der Waals surface area contributed by atoms with Crippen LogP contribution in [0.15, 0.2) is 52.0 Å². The number of nitrogens with one attached hydrogen (secondary N) is 1. The van der Waals surface area contributed by atoms with Gasteiger partial charge >= 0.3 is 6.18 Å². The van der Waals surface area contributed by atoms with Gasteiger partial charge in [0.25, 0.3) is 5.82 Å². The van der Waals surface area contributed by atoms with E-state index in [0.29, 0.717) is 15.9 Å². The van der Waals surface area contributed by atoms with Crippen LogP contribution in [-0.2, 0) is 11.0 Å². The van der Waals surface area contributed by atoms with Gasteiger partial charge in [-0.05, 0) is 24.3 Å². The number of hydrogen-bond donors (Lipinski definition) is 2. The van der Waals surface area contributed by atoms with Crippen LogP contribution in [0.1, 0.15) is 5.82 Å². The van der Waals surface area contributed by atoms with E-state index >= 15 is 0 Å². The van der Waals surface area contributed by atoms with Gasteiger partial charge in [0.05, 0.1) is 5.75 Å². The van der Waals surface area contributed by atoms with Gasteiger partial charge in [0.15, 0.2) is 0 Å². The van der Waals surface area contributed by atoms with Crippen LogP contribution in [0.4, 0.5) is 18.9 Å². The van der Waals surface area contributed by atoms with Gasteiger partial charge in [-0.25, -0.2) is 4.68 Å². The topological polar surface area (TPSA) is 99.0 Å². The van der Waals surface area contributed by atoms with Gasteiger partial charge < -0.3 is 15.6 Å². The number of benzene rings is 2. The van der Waals surface area contributed by atoms with Crippen molar-refractivity contribution < 1.29 is 22.4 Å². The fraction of sp³-hybridized carbons (Fsp3) is 0.118. The Morgan fingerprint density at radius 3 is 2.64 bits per heavy atom. The molecule has 0 aliphatic carbocycles. The third-order valence-corrected chi connectivity index (χ3v) is 4.85. The van der Waals surface area contributed by atoms with Crippen LogP contribution in [0.2, 0.25) is 0 Å². The van der Waals surface area contributed by atoms with Crippen LogP contribution in [0.3, 0.4) is 0 Å². The summed E-state index contributed by atoms with van der Waals surface area (Å²) in [5, 5.41) is 10.6. The summed E-state index contributed by atoms with van der Waals surface area (Å²) < 4.78 is 44.0. The number of aromatic nitrogens is 3. The summed E-state index contributed by atoms with van der Waals surface area (Å²) in [7, 11) is 0. The lowest BCUT2D eigenvalue weighted by Gasteiger charge is -2.07. The van der Waals surface area contributed by atoms with Crippen LogP contribution >= 0.6 is 11.8 Å². The number of para-hydroxylation sites is 1. The molecular formula is C17H12F3N5O2S. The first-order chi connectivity index (χ1) is 13.3. The van der Waals surface area contributed by atoms with E-state index in [-0.39, 0.29) is 10.9 Å². The van der Waals surface area contributed by atoms with Gasteiger partial charge in [0, 0.05) is 16.5 Å². The number of halogens is 3. The molecule has 0 aliphatic rings. The second-order valence-electron chi connectivity index (χ2n) is 5.82. The zero-order valence-corrected chi connectivity index (χ0v) is 14.8. The van der Waals surface area contributed by atoms with E-state index in [0.717, 1.165) is 28.1 Å². The molecule has 0 atom stereocenters. The molecule has 2 aromatic heterocycles. The smallest absolute Gasteiger partial charge is 0.453 e. The van der Waals surface area contributed by atoms with Crippen molar-refractivity contribution in [2.45, 2.75) is 11.3 Å². The molecule has 2 heterocycles. The Hall–Kier alpha value is -3.21. The summed E-state index contributed by atoms with van der Waals surface area (Å²) in [5.41, 5.74) is 1.96. The Labute approximate surface area is 159 Å². The average Bonchev–Trinajstić information content (AvgIpc) is 3.20. The molecular weight excluding hydrogens is 395 g/mol. The number of nitrogens with zero attached hydrogens (tertiary/aromatic N) is 3. The molecule has 0 unspecified atom stereocenters. The van der Waals surface area contributed by atoms with Crippen molar-refractivity contribution in [3.8, 4) is 0 Å². The first-order valence-corrected chi connectivity index (χ1v) is 8.93. The number of carbonyl (C=O) groups is 1. The van der Waals surface area contributed by atoms with Crippen molar-refractivity contribution in [2.24, 2.45) is 0 Å². The van der Waals surface area contributed by atoms with Crippen LogP contribution < -0.4 is 11.2 Å². The second kappa shape index (κ2) is 6.75. The van der Waals surface area contributed by atoms with Gasteiger partial charge in [-0.15, -0.1) is 10.2 Å². The molecule has 7 nitrogen and oxygen atoms in total. The maximum atomic E-state index is 12.7. The van der Waals surface area contributed by atoms with Crippen molar-refractivity contribution in [1.29, 1.82) is 0 Å². The molecule has 28 heavy (non-hydrogen) atoms. The number of amides is 1. The minimum absolute atomic E-state index is 0.183. The van der Waals surface area contributed by atoms with E-state index in [1.165, 1.54) is 0 Å². The number of hydrogen-bond acceptors (Lipinski definition) is 6. The number of fused-ring (bicyclic) bond motifs is 3. The standard InChI is InChI=1S/C17H12F3N5O2S/c18-17(19,20)15-23-24-16(25(15)21)28-8-14(26)22-9-5-6-13-11(7-9)10-3-1-2-4-12(10)27-13/h1-7H,8,21H2,(H,22,26). The third-order valence-electron chi connectivity index (χ3n) is 3.91. The lowest BCUT2D eigenvalue weighted by Crippen LogP contribution is -2.22. The second-order valence-corrected chi connectivity index (χ2v) is 6.76. The Morgan fingerprint density at radius 2 is 1.89 bits per heavy atom. The fourth-order valence-electron chi connectivity index (χ4n) is 2.70. The predicted octanol–water partition coefficient (Wildman–Crippen LogP) is 3.64. The molecule has 1 amide bonds. The van der Waals surface area contributed by atoms with E-state index in [1.807, 2.05) is 24.3 Å². The molecule has 11 heteroatoms. The molecule has 0 saturated heterocycles. The first kappa shape index (κ1) is 18.2. The van der Waals surface area contributed by atoms with E-state index in [9.17, 15) is 18.0 Å². The van der Waals surface area contributed by atoms with Crippen molar-refractivity contribution in [2.75, 3.05) is 16.9 Å². The highest BCUT2D eigenvalue weighted by Crippen LogP contribution is 2.31. The number of nitrogens with two attached hydrogens (primary N) is 1. The third kappa shape index (κ3) is 3.36. The molecule has 0 aliphatic heterocycles. The minimum atomic E-state index is -4.72. The molecule has 4 rings (SSSR count). The Kier molecular flexibility index (Phi) is 4.38. The number of carbonyl (C=O) groups excluding carboxylic acids is 1. The molecule has 0 spiro atoms. The first-order valence-electron chi connectivity index (χ1n) is 7.94. The number of thioether (sulfide) groups is 1. The maximum Gasteiger partial charge on any atom is 0.453 e. The number of anilines is 1. The SMILES string of the molecule is Nn1c(SCC(=O)Nc2ccc3oc4ccccc4c3c2)nnc1C(F)(F)F. The summed E-state index contributed by atoms with van der Waals surface area (Å²) >= 11 is 0.753. The molecule has 144 valence electrons. The maximum absolute atomic E-state index is 12.7. The Morgan fingerprint density at radius 1 is 1.14 bits per heavy atom. The number of nitrogen functional groups attached to an aromatic ring is 1. The van der Waals surface area contributed by atoms with Crippen LogP contribution in [0.25, 0.3) is 21.9 Å². The number of furan rings is 1. The Balaban J connectivity index is 1.47. The highest BCUT2D eigenvalue weighted by molar-refractivity contribution is 7.99. The summed E-state index contributed by atoms with van der Waals surface area (Å²) in [6, 6.07) is 12.7. The summed E-state index contributed by atoms with van der Waals surface area (Å²) in [6.45, 7) is 0. The van der Waals surface area contributed by atoms with Gasteiger partial charge in [0.1, 0.15) is 11.2 Å². The monoisotopic (exact) mass is 407 g/mol. The van der Waals surface area contributed by atoms with Crippen LogP contribution in [-0.4, -0.2) is 26.5 Å². The van der Waals surface area contributed by atoms with E-state index in [2.05, 4.69) is 15.5 Å². The largest absolute Gasteiger partial charge is 0.456 e. The van der Waals surface area contributed by atoms with Crippen LogP contribution in [0, 0.1) is 0 Å². The zero-order valence-electron chi connectivity index (χ0n) is 14.0. The average molecular weight is 407 g/mol. The van der Waals surface area contributed by atoms with E-state index in [1.54, 1.807) is 18.2 Å². The van der Waals surface area contributed by atoms with Gasteiger partial charge in [-0.2, -0.15) is 13.2 Å². The van der Waals surface area contributed by atoms with Crippen molar-refractivity contribution in [3.05, 3.63) is 48.3 Å². The summed E-state index contributed by atoms with van der Waals surface area (Å²) in [4.78, 5) is 12.2. The highest BCUT2D eigenvalue weighted by Gasteiger charge is 2.38. The molecule has 2 aromatic carbocycles. The fourth-order valence-corrected chi connectivity index (χ4v) is 3.36. The molecule has 0 fully saturated rings. The number of alkyl halides is 3. The summed E-state index contributed by atoms with van der Waals surface area (Å²) in [5.74, 6) is 3.41. The van der Waals surface area contributed by atoms with Gasteiger partial charge in [0.2, 0.25) is 11.1 Å². The number of rotatable bonds is 4. The van der Waals surface area contributed by atoms with Crippen molar-refractivity contribution >= 4 is 45.3 Å². The zero-order chi connectivity index (χ0) is 19.9. The molecule has 4 aromatic rings. The van der Waals surface area contributed by atoms with E-state index < -0.39 is 17.9 Å². The molecule has 0 radical (unpaired) electrons. The van der Waals surface area contributed by atoms with Gasteiger partial charge in [-0.1, -0.05) is 30.0 Å². The minimum Gasteiger partial charge on any atom is -0.456 e. The molecule has 3 N–H and O–H groups in total. The predicted molar refractivity (Wildman–Crippen MR) is 98.2 cm³/mol. The summed E-state index contributed by atoms with van der Waals surface area (Å²) in [6.07, 6.45) is -4.72. The van der Waals surface area contributed by atoms with Gasteiger partial charge in [-0.3, -0.25) is 4.79 Å². The molecule has 0 bridgehead atoms. The highest BCUT2D eigenvalue weighted by atomic mass is 32.2.